The highest BCUT2D eigenvalue weighted by Gasteiger charge is 2.25. The summed E-state index contributed by atoms with van der Waals surface area (Å²) in [5.41, 5.74) is 1.35. The van der Waals surface area contributed by atoms with Crippen LogP contribution < -0.4 is 10.1 Å². The lowest BCUT2D eigenvalue weighted by Crippen LogP contribution is -2.25. The molecular formula is C19H22N4OS. The molecule has 1 aliphatic heterocycles. The van der Waals surface area contributed by atoms with Crippen LogP contribution in [0.2, 0.25) is 0 Å². The van der Waals surface area contributed by atoms with E-state index in [0.29, 0.717) is 11.8 Å². The third kappa shape index (κ3) is 3.75. The van der Waals surface area contributed by atoms with Crippen molar-refractivity contribution in [3.8, 4) is 5.88 Å². The molecule has 3 heterocycles. The van der Waals surface area contributed by atoms with Crippen molar-refractivity contribution in [1.82, 2.24) is 14.9 Å². The number of ether oxygens (including phenoxy) is 1. The zero-order chi connectivity index (χ0) is 17.1. The minimum atomic E-state index is 0.177. The van der Waals surface area contributed by atoms with Crippen LogP contribution in [0.5, 0.6) is 5.88 Å². The van der Waals surface area contributed by atoms with Gasteiger partial charge in [0.05, 0.1) is 5.39 Å². The van der Waals surface area contributed by atoms with E-state index < -0.39 is 0 Å². The van der Waals surface area contributed by atoms with Crippen LogP contribution in [-0.4, -0.2) is 40.6 Å². The van der Waals surface area contributed by atoms with E-state index in [1.54, 1.807) is 11.3 Å². The topological polar surface area (TPSA) is 50.3 Å². The van der Waals surface area contributed by atoms with Crippen molar-refractivity contribution < 1.29 is 4.74 Å². The van der Waals surface area contributed by atoms with Crippen molar-refractivity contribution in [1.29, 1.82) is 0 Å². The lowest BCUT2D eigenvalue weighted by molar-refractivity contribution is 0.194. The summed E-state index contributed by atoms with van der Waals surface area (Å²) in [6.07, 6.45) is 1.20. The molecule has 4 rings (SSSR count). The van der Waals surface area contributed by atoms with E-state index in [2.05, 4.69) is 50.5 Å². The number of rotatable bonds is 6. The standard InChI is InChI=1S/C19H22N4OS/c1-2-20-19-21-17(16-9-11-25-18(16)22-19)24-15-8-10-23(13-15)12-14-6-4-3-5-7-14/h3-7,9,11,15H,2,8,10,12-13H2,1H3,(H,20,21,22). The Morgan fingerprint density at radius 1 is 1.24 bits per heavy atom. The molecule has 25 heavy (non-hydrogen) atoms. The number of benzene rings is 1. The number of nitrogens with zero attached hydrogens (tertiary/aromatic N) is 3. The Morgan fingerprint density at radius 3 is 2.96 bits per heavy atom. The lowest BCUT2D eigenvalue weighted by atomic mass is 10.2. The van der Waals surface area contributed by atoms with E-state index in [1.165, 1.54) is 5.56 Å². The monoisotopic (exact) mass is 354 g/mol. The molecule has 1 saturated heterocycles. The first-order valence-electron chi connectivity index (χ1n) is 8.74. The molecule has 0 saturated carbocycles. The molecular weight excluding hydrogens is 332 g/mol. The highest BCUT2D eigenvalue weighted by atomic mass is 32.1. The predicted molar refractivity (Wildman–Crippen MR) is 102 cm³/mol. The third-order valence-electron chi connectivity index (χ3n) is 4.38. The van der Waals surface area contributed by atoms with E-state index >= 15 is 0 Å². The highest BCUT2D eigenvalue weighted by molar-refractivity contribution is 7.16. The molecule has 0 bridgehead atoms. The fraction of sp³-hybridized carbons (Fsp3) is 0.368. The van der Waals surface area contributed by atoms with Crippen LogP contribution in [0.25, 0.3) is 10.2 Å². The molecule has 3 aromatic rings. The number of thiophene rings is 1. The predicted octanol–water partition coefficient (Wildman–Crippen LogP) is 3.78. The van der Waals surface area contributed by atoms with Crippen LogP contribution >= 0.6 is 11.3 Å². The summed E-state index contributed by atoms with van der Waals surface area (Å²) in [5.74, 6) is 1.35. The fourth-order valence-electron chi connectivity index (χ4n) is 3.19. The number of hydrogen-bond donors (Lipinski definition) is 1. The number of hydrogen-bond acceptors (Lipinski definition) is 6. The van der Waals surface area contributed by atoms with Gasteiger partial charge in [-0.2, -0.15) is 4.98 Å². The molecule has 130 valence electrons. The highest BCUT2D eigenvalue weighted by Crippen LogP contribution is 2.30. The van der Waals surface area contributed by atoms with Gasteiger partial charge in [0.2, 0.25) is 11.8 Å². The molecule has 6 heteroatoms. The summed E-state index contributed by atoms with van der Waals surface area (Å²) in [6, 6.07) is 12.6. The summed E-state index contributed by atoms with van der Waals surface area (Å²) < 4.78 is 6.28. The van der Waals surface area contributed by atoms with Gasteiger partial charge in [0.25, 0.3) is 0 Å². The number of nitrogens with one attached hydrogen (secondary N) is 1. The molecule has 0 radical (unpaired) electrons. The second kappa shape index (κ2) is 7.37. The molecule has 1 N–H and O–H groups in total. The second-order valence-electron chi connectivity index (χ2n) is 6.27. The molecule has 1 aromatic carbocycles. The molecule has 1 atom stereocenters. The zero-order valence-corrected chi connectivity index (χ0v) is 15.1. The first-order chi connectivity index (χ1) is 12.3. The zero-order valence-electron chi connectivity index (χ0n) is 14.3. The smallest absolute Gasteiger partial charge is 0.227 e. The molecule has 0 amide bonds. The Labute approximate surface area is 151 Å². The first kappa shape index (κ1) is 16.3. The van der Waals surface area contributed by atoms with E-state index in [-0.39, 0.29) is 6.10 Å². The molecule has 0 aliphatic carbocycles. The Balaban J connectivity index is 1.46. The molecule has 1 aliphatic rings. The maximum Gasteiger partial charge on any atom is 0.227 e. The SMILES string of the molecule is CCNc1nc(OC2CCN(Cc3ccccc3)C2)c2ccsc2n1. The van der Waals surface area contributed by atoms with Crippen LogP contribution in [0.1, 0.15) is 18.9 Å². The van der Waals surface area contributed by atoms with Gasteiger partial charge in [-0.3, -0.25) is 4.90 Å². The van der Waals surface area contributed by atoms with Gasteiger partial charge in [-0.15, -0.1) is 11.3 Å². The first-order valence-corrected chi connectivity index (χ1v) is 9.62. The van der Waals surface area contributed by atoms with E-state index in [0.717, 1.165) is 42.8 Å². The van der Waals surface area contributed by atoms with Gasteiger partial charge in [-0.25, -0.2) is 4.98 Å². The summed E-state index contributed by atoms with van der Waals surface area (Å²) in [5, 5.41) is 6.24. The van der Waals surface area contributed by atoms with Crippen LogP contribution in [-0.2, 0) is 6.54 Å². The van der Waals surface area contributed by atoms with Crippen LogP contribution in [0.15, 0.2) is 41.8 Å². The van der Waals surface area contributed by atoms with Crippen molar-refractivity contribution in [2.24, 2.45) is 0 Å². The van der Waals surface area contributed by atoms with E-state index in [9.17, 15) is 0 Å². The summed E-state index contributed by atoms with van der Waals surface area (Å²) in [6.45, 7) is 5.80. The van der Waals surface area contributed by atoms with Gasteiger partial charge in [-0.05, 0) is 30.4 Å². The minimum Gasteiger partial charge on any atom is -0.472 e. The normalized spacial score (nSPS) is 17.9. The quantitative estimate of drug-likeness (QED) is 0.730. The molecule has 5 nitrogen and oxygen atoms in total. The number of likely N-dealkylation sites (tertiary alicyclic amines) is 1. The van der Waals surface area contributed by atoms with Gasteiger partial charge in [0.1, 0.15) is 10.9 Å². The maximum atomic E-state index is 6.28. The summed E-state index contributed by atoms with van der Waals surface area (Å²) in [4.78, 5) is 12.5. The maximum absolute atomic E-state index is 6.28. The molecule has 1 unspecified atom stereocenters. The van der Waals surface area contributed by atoms with Crippen LogP contribution in [0, 0.1) is 0 Å². The number of fused-ring (bicyclic) bond motifs is 1. The number of aromatic nitrogens is 2. The molecule has 2 aromatic heterocycles. The minimum absolute atomic E-state index is 0.177. The summed E-state index contributed by atoms with van der Waals surface area (Å²) >= 11 is 1.62. The summed E-state index contributed by atoms with van der Waals surface area (Å²) in [7, 11) is 0. The third-order valence-corrected chi connectivity index (χ3v) is 5.19. The average Bonchev–Trinajstić information content (AvgIpc) is 3.26. The van der Waals surface area contributed by atoms with Gasteiger partial charge >= 0.3 is 0 Å². The van der Waals surface area contributed by atoms with Crippen molar-refractivity contribution in [2.75, 3.05) is 25.0 Å². The van der Waals surface area contributed by atoms with Gasteiger partial charge in [0.15, 0.2) is 0 Å². The lowest BCUT2D eigenvalue weighted by Gasteiger charge is -2.17. The average molecular weight is 354 g/mol. The van der Waals surface area contributed by atoms with E-state index in [4.69, 9.17) is 4.74 Å². The van der Waals surface area contributed by atoms with Crippen LogP contribution in [0.3, 0.4) is 0 Å². The van der Waals surface area contributed by atoms with Crippen molar-refractivity contribution in [3.05, 3.63) is 47.3 Å². The van der Waals surface area contributed by atoms with Crippen molar-refractivity contribution >= 4 is 27.5 Å². The second-order valence-corrected chi connectivity index (χ2v) is 7.17. The van der Waals surface area contributed by atoms with Gasteiger partial charge < -0.3 is 10.1 Å². The molecule has 0 spiro atoms. The molecule has 1 fully saturated rings. The van der Waals surface area contributed by atoms with E-state index in [1.807, 2.05) is 18.4 Å². The van der Waals surface area contributed by atoms with Crippen molar-refractivity contribution in [2.45, 2.75) is 26.0 Å². The van der Waals surface area contributed by atoms with Crippen molar-refractivity contribution in [3.63, 3.8) is 0 Å². The van der Waals surface area contributed by atoms with Gasteiger partial charge in [-0.1, -0.05) is 30.3 Å². The Bertz CT molecular complexity index is 836. The van der Waals surface area contributed by atoms with Gasteiger partial charge in [0, 0.05) is 26.2 Å². The Morgan fingerprint density at radius 2 is 2.12 bits per heavy atom. The largest absolute Gasteiger partial charge is 0.472 e. The fourth-order valence-corrected chi connectivity index (χ4v) is 3.95. The van der Waals surface area contributed by atoms with Crippen LogP contribution in [0.4, 0.5) is 5.95 Å². The Hall–Kier alpha value is -2.18. The number of anilines is 1. The Kier molecular flexibility index (Phi) is 4.81.